The number of methoxy groups -OCH3 is 1. The van der Waals surface area contributed by atoms with E-state index in [9.17, 15) is 9.90 Å². The first kappa shape index (κ1) is 22.6. The first-order valence-electron chi connectivity index (χ1n) is 10.0. The fraction of sp³-hybridized carbons (Fsp3) is 0.714. The van der Waals surface area contributed by atoms with E-state index in [1.54, 1.807) is 0 Å². The molecule has 1 aliphatic rings. The molecule has 0 aromatic carbocycles. The van der Waals surface area contributed by atoms with Crippen LogP contribution >= 0.6 is 0 Å². The maximum Gasteiger partial charge on any atom is 0.305 e. The van der Waals surface area contributed by atoms with E-state index in [4.69, 9.17) is 14.2 Å². The average Bonchev–Trinajstić information content (AvgIpc) is 3.08. The molecule has 3 atom stereocenters. The van der Waals surface area contributed by atoms with E-state index in [0.717, 1.165) is 23.6 Å². The molecule has 0 bridgehead atoms. The summed E-state index contributed by atoms with van der Waals surface area (Å²) in [4.78, 5) is 15.9. The third-order valence-corrected chi connectivity index (χ3v) is 5.03. The van der Waals surface area contributed by atoms with Gasteiger partial charge in [-0.25, -0.2) is 4.98 Å². The number of carbonyl (C=O) groups excluding carboxylic acids is 1. The summed E-state index contributed by atoms with van der Waals surface area (Å²) >= 11 is 0. The van der Waals surface area contributed by atoms with Crippen molar-refractivity contribution in [2.75, 3.05) is 7.11 Å². The molecule has 0 radical (unpaired) electrons. The first-order chi connectivity index (χ1) is 13.2. The molecule has 1 aromatic rings. The van der Waals surface area contributed by atoms with Crippen LogP contribution in [0.15, 0.2) is 6.08 Å². The molecule has 158 valence electrons. The van der Waals surface area contributed by atoms with Gasteiger partial charge in [0.05, 0.1) is 30.7 Å². The summed E-state index contributed by atoms with van der Waals surface area (Å²) in [5.74, 6) is -0.0534. The van der Waals surface area contributed by atoms with Gasteiger partial charge in [0, 0.05) is 13.5 Å². The van der Waals surface area contributed by atoms with Crippen LogP contribution in [0.25, 0.3) is 6.08 Å². The highest BCUT2D eigenvalue weighted by Crippen LogP contribution is 2.32. The van der Waals surface area contributed by atoms with E-state index in [1.165, 1.54) is 7.11 Å². The Morgan fingerprint density at radius 2 is 2.14 bits per heavy atom. The van der Waals surface area contributed by atoms with Crippen molar-refractivity contribution in [3.63, 3.8) is 0 Å². The van der Waals surface area contributed by atoms with Crippen molar-refractivity contribution in [3.05, 3.63) is 23.3 Å². The summed E-state index contributed by atoms with van der Waals surface area (Å²) in [5.41, 5.74) is 1.57. The predicted molar refractivity (Wildman–Crippen MR) is 107 cm³/mol. The van der Waals surface area contributed by atoms with Crippen molar-refractivity contribution in [3.8, 4) is 0 Å². The van der Waals surface area contributed by atoms with Gasteiger partial charge < -0.3 is 23.9 Å². The number of esters is 1. The third kappa shape index (κ3) is 5.65. The third-order valence-electron chi connectivity index (χ3n) is 5.03. The number of carbonyl (C=O) groups is 1. The number of aryl methyl sites for hydroxylation is 1. The second kappa shape index (κ2) is 9.67. The second-order valence-corrected chi connectivity index (χ2v) is 7.76. The van der Waals surface area contributed by atoms with E-state index in [0.29, 0.717) is 25.7 Å². The van der Waals surface area contributed by atoms with Gasteiger partial charge in [0.25, 0.3) is 0 Å². The van der Waals surface area contributed by atoms with Crippen LogP contribution < -0.4 is 0 Å². The maximum atomic E-state index is 11.4. The summed E-state index contributed by atoms with van der Waals surface area (Å²) in [6, 6.07) is 0. The highest BCUT2D eigenvalue weighted by atomic mass is 16.7. The zero-order valence-electron chi connectivity index (χ0n) is 17.9. The minimum absolute atomic E-state index is 0.148. The Morgan fingerprint density at radius 3 is 2.79 bits per heavy atom. The van der Waals surface area contributed by atoms with Gasteiger partial charge in [0.2, 0.25) is 0 Å². The molecular weight excluding hydrogens is 360 g/mol. The molecule has 28 heavy (non-hydrogen) atoms. The van der Waals surface area contributed by atoms with Crippen LogP contribution in [-0.4, -0.2) is 45.7 Å². The summed E-state index contributed by atoms with van der Waals surface area (Å²) in [7, 11) is 3.31. The van der Waals surface area contributed by atoms with Crippen molar-refractivity contribution in [1.82, 2.24) is 9.55 Å². The molecule has 7 nitrogen and oxygen atoms in total. The van der Waals surface area contributed by atoms with Crippen LogP contribution in [-0.2, 0) is 26.1 Å². The van der Waals surface area contributed by atoms with Gasteiger partial charge in [-0.2, -0.15) is 0 Å². The first-order valence-corrected chi connectivity index (χ1v) is 10.0. The van der Waals surface area contributed by atoms with Crippen LogP contribution in [0.2, 0.25) is 0 Å². The van der Waals surface area contributed by atoms with E-state index in [1.807, 2.05) is 51.5 Å². The molecule has 2 rings (SSSR count). The number of aromatic nitrogens is 2. The SMILES string of the molecule is CCCC(O)c1c(/C=C/C2OC(C)(C)OC2CCCC(=O)OC)nc(C)n1C. The molecule has 0 amide bonds. The molecule has 1 aromatic heterocycles. The van der Waals surface area contributed by atoms with Gasteiger partial charge in [-0.15, -0.1) is 0 Å². The van der Waals surface area contributed by atoms with E-state index in [2.05, 4.69) is 4.98 Å². The van der Waals surface area contributed by atoms with Crippen molar-refractivity contribution in [1.29, 1.82) is 0 Å². The lowest BCUT2D eigenvalue weighted by atomic mass is 10.0. The summed E-state index contributed by atoms with van der Waals surface area (Å²) in [5, 5.41) is 10.5. The van der Waals surface area contributed by atoms with Gasteiger partial charge in [0.15, 0.2) is 5.79 Å². The number of rotatable bonds is 9. The van der Waals surface area contributed by atoms with Gasteiger partial charge in [-0.05, 0) is 46.1 Å². The Morgan fingerprint density at radius 1 is 1.43 bits per heavy atom. The monoisotopic (exact) mass is 394 g/mol. The van der Waals surface area contributed by atoms with Crippen molar-refractivity contribution < 1.29 is 24.1 Å². The quantitative estimate of drug-likeness (QED) is 0.646. The fourth-order valence-electron chi connectivity index (χ4n) is 3.56. The standard InChI is InChI=1S/C21H34N2O5/c1-7-9-16(24)20-15(22-14(2)23(20)5)12-13-18-17(27-21(3,4)28-18)10-8-11-19(25)26-6/h12-13,16-18,24H,7-11H2,1-6H3/b13-12+. The smallest absolute Gasteiger partial charge is 0.305 e. The summed E-state index contributed by atoms with van der Waals surface area (Å²) in [6.45, 7) is 7.74. The number of nitrogens with zero attached hydrogens (tertiary/aromatic N) is 2. The van der Waals surface area contributed by atoms with Crippen LogP contribution in [0, 0.1) is 6.92 Å². The number of ether oxygens (including phenoxy) is 3. The van der Waals surface area contributed by atoms with E-state index >= 15 is 0 Å². The van der Waals surface area contributed by atoms with Gasteiger partial charge in [-0.3, -0.25) is 4.79 Å². The normalized spacial score (nSPS) is 22.7. The summed E-state index contributed by atoms with van der Waals surface area (Å²) in [6.07, 6.45) is 6.21. The fourth-order valence-corrected chi connectivity index (χ4v) is 3.56. The Labute approximate surface area is 167 Å². The number of aliphatic hydroxyl groups is 1. The number of hydrogen-bond acceptors (Lipinski definition) is 6. The number of aliphatic hydroxyl groups excluding tert-OH is 1. The zero-order chi connectivity index (χ0) is 20.9. The lowest BCUT2D eigenvalue weighted by molar-refractivity contribution is -0.144. The topological polar surface area (TPSA) is 82.8 Å². The molecule has 1 saturated heterocycles. The molecule has 1 N–H and O–H groups in total. The van der Waals surface area contributed by atoms with Gasteiger partial charge in [-0.1, -0.05) is 19.4 Å². The molecule has 3 unspecified atom stereocenters. The zero-order valence-corrected chi connectivity index (χ0v) is 17.9. The largest absolute Gasteiger partial charge is 0.469 e. The van der Waals surface area contributed by atoms with Gasteiger partial charge >= 0.3 is 5.97 Å². The molecule has 1 aliphatic heterocycles. The Bertz CT molecular complexity index is 695. The van der Waals surface area contributed by atoms with Crippen LogP contribution in [0.3, 0.4) is 0 Å². The van der Waals surface area contributed by atoms with Crippen molar-refractivity contribution >= 4 is 12.0 Å². The Hall–Kier alpha value is -1.70. The Balaban J connectivity index is 2.14. The van der Waals surface area contributed by atoms with Gasteiger partial charge in [0.1, 0.15) is 11.9 Å². The van der Waals surface area contributed by atoms with Crippen molar-refractivity contribution in [2.24, 2.45) is 7.05 Å². The van der Waals surface area contributed by atoms with Crippen molar-refractivity contribution in [2.45, 2.75) is 83.9 Å². The van der Waals surface area contributed by atoms with Crippen LogP contribution in [0.1, 0.15) is 76.2 Å². The highest BCUT2D eigenvalue weighted by Gasteiger charge is 2.39. The molecule has 7 heteroatoms. The second-order valence-electron chi connectivity index (χ2n) is 7.76. The maximum absolute atomic E-state index is 11.4. The molecule has 0 spiro atoms. The predicted octanol–water partition coefficient (Wildman–Crippen LogP) is 3.44. The minimum Gasteiger partial charge on any atom is -0.469 e. The van der Waals surface area contributed by atoms with E-state index in [-0.39, 0.29) is 18.2 Å². The number of imidazole rings is 1. The summed E-state index contributed by atoms with van der Waals surface area (Å²) < 4.78 is 18.7. The molecule has 2 heterocycles. The average molecular weight is 395 g/mol. The molecule has 0 aliphatic carbocycles. The lowest BCUT2D eigenvalue weighted by Crippen LogP contribution is -2.21. The minimum atomic E-state index is -0.685. The van der Waals surface area contributed by atoms with Crippen LogP contribution in [0.4, 0.5) is 0 Å². The molecular formula is C21H34N2O5. The lowest BCUT2D eigenvalue weighted by Gasteiger charge is -2.16. The highest BCUT2D eigenvalue weighted by molar-refractivity contribution is 5.69. The number of hydrogen-bond donors (Lipinski definition) is 1. The Kier molecular flexibility index (Phi) is 7.80. The molecule has 1 fully saturated rings. The molecule has 0 saturated carbocycles. The van der Waals surface area contributed by atoms with E-state index < -0.39 is 11.9 Å². The van der Waals surface area contributed by atoms with Crippen LogP contribution in [0.5, 0.6) is 0 Å².